The Morgan fingerprint density at radius 1 is 1.22 bits per heavy atom. The van der Waals surface area contributed by atoms with Gasteiger partial charge in [-0.25, -0.2) is 0 Å². The summed E-state index contributed by atoms with van der Waals surface area (Å²) in [6.45, 7) is 1.80. The summed E-state index contributed by atoms with van der Waals surface area (Å²) in [5.41, 5.74) is 1.61. The molecular formula is C16H18N4O3. The molecule has 1 fully saturated rings. The number of carboxylic acid groups (broad SMARTS) is 1. The van der Waals surface area contributed by atoms with Gasteiger partial charge in [-0.1, -0.05) is 6.07 Å². The maximum Gasteiger partial charge on any atom is 0.325 e. The first-order valence-corrected chi connectivity index (χ1v) is 7.53. The molecule has 0 bridgehead atoms. The number of carbonyl (C=O) groups excluding carboxylic acids is 1. The number of nitrogens with zero attached hydrogens (tertiary/aromatic N) is 3. The van der Waals surface area contributed by atoms with Crippen molar-refractivity contribution in [3.8, 4) is 0 Å². The Labute approximate surface area is 133 Å². The summed E-state index contributed by atoms with van der Waals surface area (Å²) in [4.78, 5) is 25.2. The first-order chi connectivity index (χ1) is 11.1. The van der Waals surface area contributed by atoms with Crippen molar-refractivity contribution in [2.75, 3.05) is 23.3 Å². The number of nitrogens with one attached hydrogen (secondary N) is 1. The highest BCUT2D eigenvalue weighted by Crippen LogP contribution is 2.21. The van der Waals surface area contributed by atoms with Crippen molar-refractivity contribution < 1.29 is 14.7 Å². The Balaban J connectivity index is 1.69. The van der Waals surface area contributed by atoms with Crippen LogP contribution in [0.4, 0.5) is 11.5 Å². The molecule has 0 spiro atoms. The number of carbonyl (C=O) groups is 2. The van der Waals surface area contributed by atoms with E-state index in [0.29, 0.717) is 11.4 Å². The Hall–Kier alpha value is -2.83. The third kappa shape index (κ3) is 3.68. The zero-order valence-electron chi connectivity index (χ0n) is 12.6. The molecule has 7 heteroatoms. The number of carboxylic acids is 1. The molecule has 1 aromatic carbocycles. The van der Waals surface area contributed by atoms with Crippen molar-refractivity contribution in [3.05, 3.63) is 42.1 Å². The summed E-state index contributed by atoms with van der Waals surface area (Å²) in [6.07, 6.45) is 3.87. The number of anilines is 2. The maximum absolute atomic E-state index is 12.3. The first kappa shape index (κ1) is 15.1. The lowest BCUT2D eigenvalue weighted by Crippen LogP contribution is -2.19. The standard InChI is InChI=1S/C16H18N4O3/c21-15(22)11-20-9-6-14(18-20)17-16(23)12-4-3-5-13(10-12)19-7-1-2-8-19/h3-6,9-10H,1-2,7-8,11H2,(H,21,22)(H,17,18,23). The average Bonchev–Trinajstić information content (AvgIpc) is 3.19. The summed E-state index contributed by atoms with van der Waals surface area (Å²) in [5, 5.41) is 15.4. The SMILES string of the molecule is O=C(O)Cn1ccc(NC(=O)c2cccc(N3CCCC3)c2)n1. The number of benzene rings is 1. The number of rotatable bonds is 5. The number of aliphatic carboxylic acids is 1. The van der Waals surface area contributed by atoms with Gasteiger partial charge in [0.15, 0.2) is 5.82 Å². The predicted molar refractivity (Wildman–Crippen MR) is 85.7 cm³/mol. The lowest BCUT2D eigenvalue weighted by Gasteiger charge is -2.18. The molecule has 0 atom stereocenters. The van der Waals surface area contributed by atoms with E-state index >= 15 is 0 Å². The van der Waals surface area contributed by atoms with Crippen molar-refractivity contribution in [1.29, 1.82) is 0 Å². The zero-order valence-corrected chi connectivity index (χ0v) is 12.6. The molecule has 120 valence electrons. The minimum absolute atomic E-state index is 0.236. The van der Waals surface area contributed by atoms with Crippen LogP contribution in [-0.4, -0.2) is 39.9 Å². The second kappa shape index (κ2) is 6.51. The fraction of sp³-hybridized carbons (Fsp3) is 0.312. The lowest BCUT2D eigenvalue weighted by atomic mass is 10.1. The Morgan fingerprint density at radius 3 is 2.74 bits per heavy atom. The van der Waals surface area contributed by atoms with Crippen molar-refractivity contribution >= 4 is 23.4 Å². The van der Waals surface area contributed by atoms with Gasteiger partial charge < -0.3 is 15.3 Å². The summed E-state index contributed by atoms with van der Waals surface area (Å²) >= 11 is 0. The number of hydrogen-bond donors (Lipinski definition) is 2. The molecular weight excluding hydrogens is 296 g/mol. The van der Waals surface area contributed by atoms with Gasteiger partial charge in [-0.3, -0.25) is 14.3 Å². The molecule has 3 rings (SSSR count). The van der Waals surface area contributed by atoms with Gasteiger partial charge in [-0.15, -0.1) is 0 Å². The third-order valence-corrected chi connectivity index (χ3v) is 3.76. The molecule has 1 aliphatic heterocycles. The van der Waals surface area contributed by atoms with Crippen LogP contribution >= 0.6 is 0 Å². The van der Waals surface area contributed by atoms with Gasteiger partial charge in [0.2, 0.25) is 0 Å². The van der Waals surface area contributed by atoms with Gasteiger partial charge in [0.1, 0.15) is 6.54 Å². The minimum Gasteiger partial charge on any atom is -0.480 e. The summed E-state index contributed by atoms with van der Waals surface area (Å²) < 4.78 is 1.26. The van der Waals surface area contributed by atoms with Gasteiger partial charge in [0.05, 0.1) is 0 Å². The van der Waals surface area contributed by atoms with Crippen LogP contribution in [0.5, 0.6) is 0 Å². The number of amides is 1. The molecule has 2 heterocycles. The molecule has 1 aromatic heterocycles. The highest BCUT2D eigenvalue weighted by atomic mass is 16.4. The molecule has 2 aromatic rings. The minimum atomic E-state index is -0.982. The van der Waals surface area contributed by atoms with Crippen LogP contribution in [0.2, 0.25) is 0 Å². The van der Waals surface area contributed by atoms with Crippen molar-refractivity contribution in [1.82, 2.24) is 9.78 Å². The number of hydrogen-bond acceptors (Lipinski definition) is 4. The van der Waals surface area contributed by atoms with Crippen LogP contribution in [0, 0.1) is 0 Å². The molecule has 1 aliphatic rings. The quantitative estimate of drug-likeness (QED) is 0.879. The smallest absolute Gasteiger partial charge is 0.325 e. The highest BCUT2D eigenvalue weighted by molar-refractivity contribution is 6.04. The monoisotopic (exact) mass is 314 g/mol. The fourth-order valence-corrected chi connectivity index (χ4v) is 2.66. The molecule has 0 radical (unpaired) electrons. The van der Waals surface area contributed by atoms with E-state index < -0.39 is 5.97 Å². The van der Waals surface area contributed by atoms with Crippen molar-refractivity contribution in [3.63, 3.8) is 0 Å². The molecule has 0 saturated carbocycles. The van der Waals surface area contributed by atoms with E-state index in [1.807, 2.05) is 18.2 Å². The fourth-order valence-electron chi connectivity index (χ4n) is 2.66. The van der Waals surface area contributed by atoms with E-state index in [2.05, 4.69) is 15.3 Å². The van der Waals surface area contributed by atoms with Gasteiger partial charge in [0, 0.05) is 36.6 Å². The van der Waals surface area contributed by atoms with Crippen LogP contribution in [0.1, 0.15) is 23.2 Å². The van der Waals surface area contributed by atoms with E-state index in [0.717, 1.165) is 18.8 Å². The van der Waals surface area contributed by atoms with Crippen LogP contribution in [0.25, 0.3) is 0 Å². The van der Waals surface area contributed by atoms with E-state index in [-0.39, 0.29) is 12.5 Å². The maximum atomic E-state index is 12.3. The van der Waals surface area contributed by atoms with E-state index in [1.165, 1.54) is 23.7 Å². The van der Waals surface area contributed by atoms with Gasteiger partial charge in [0.25, 0.3) is 5.91 Å². The van der Waals surface area contributed by atoms with Crippen LogP contribution in [-0.2, 0) is 11.3 Å². The Morgan fingerprint density at radius 2 is 2.00 bits per heavy atom. The first-order valence-electron chi connectivity index (χ1n) is 7.53. The largest absolute Gasteiger partial charge is 0.480 e. The second-order valence-electron chi connectivity index (χ2n) is 5.49. The Bertz CT molecular complexity index is 720. The van der Waals surface area contributed by atoms with E-state index in [4.69, 9.17) is 5.11 Å². The lowest BCUT2D eigenvalue weighted by molar-refractivity contribution is -0.137. The molecule has 7 nitrogen and oxygen atoms in total. The average molecular weight is 314 g/mol. The molecule has 1 saturated heterocycles. The topological polar surface area (TPSA) is 87.5 Å². The predicted octanol–water partition coefficient (Wildman–Crippen LogP) is 1.82. The highest BCUT2D eigenvalue weighted by Gasteiger charge is 2.15. The van der Waals surface area contributed by atoms with Gasteiger partial charge >= 0.3 is 5.97 Å². The van der Waals surface area contributed by atoms with Crippen LogP contribution in [0.15, 0.2) is 36.5 Å². The van der Waals surface area contributed by atoms with Gasteiger partial charge in [-0.05, 0) is 31.0 Å². The summed E-state index contributed by atoms with van der Waals surface area (Å²) in [6, 6.07) is 9.07. The van der Waals surface area contributed by atoms with E-state index in [1.54, 1.807) is 12.1 Å². The second-order valence-corrected chi connectivity index (χ2v) is 5.49. The molecule has 0 unspecified atom stereocenters. The van der Waals surface area contributed by atoms with Gasteiger partial charge in [-0.2, -0.15) is 5.10 Å². The van der Waals surface area contributed by atoms with Crippen LogP contribution in [0.3, 0.4) is 0 Å². The summed E-state index contributed by atoms with van der Waals surface area (Å²) in [5.74, 6) is -0.904. The van der Waals surface area contributed by atoms with Crippen molar-refractivity contribution in [2.24, 2.45) is 0 Å². The molecule has 2 N–H and O–H groups in total. The molecule has 0 aliphatic carbocycles. The number of aromatic nitrogens is 2. The van der Waals surface area contributed by atoms with E-state index in [9.17, 15) is 9.59 Å². The summed E-state index contributed by atoms with van der Waals surface area (Å²) in [7, 11) is 0. The zero-order chi connectivity index (χ0) is 16.2. The molecule has 23 heavy (non-hydrogen) atoms. The van der Waals surface area contributed by atoms with Crippen LogP contribution < -0.4 is 10.2 Å². The molecule has 1 amide bonds. The van der Waals surface area contributed by atoms with Crippen molar-refractivity contribution in [2.45, 2.75) is 19.4 Å². The normalized spacial score (nSPS) is 14.0. The Kier molecular flexibility index (Phi) is 4.27. The third-order valence-electron chi connectivity index (χ3n) is 3.76.